The van der Waals surface area contributed by atoms with Gasteiger partial charge < -0.3 is 15.5 Å². The largest absolute Gasteiger partial charge is 0.394 e. The number of hydrogen-bond donors (Lipinski definition) is 3. The van der Waals surface area contributed by atoms with Gasteiger partial charge in [0.25, 0.3) is 0 Å². The van der Waals surface area contributed by atoms with Crippen molar-refractivity contribution in [3.63, 3.8) is 0 Å². The molecular formula is C10H17N3O2. The Balaban J connectivity index is 2.56. The molecule has 0 bridgehead atoms. The van der Waals surface area contributed by atoms with Crippen molar-refractivity contribution in [1.29, 1.82) is 0 Å². The molecule has 15 heavy (non-hydrogen) atoms. The molecule has 0 aliphatic heterocycles. The highest BCUT2D eigenvalue weighted by atomic mass is 16.3. The second-order valence-corrected chi connectivity index (χ2v) is 3.83. The van der Waals surface area contributed by atoms with Crippen molar-refractivity contribution in [2.24, 2.45) is 0 Å². The number of aryl methyl sites for hydroxylation is 1. The van der Waals surface area contributed by atoms with Gasteiger partial charge in [0.1, 0.15) is 5.82 Å². The molecule has 5 heteroatoms. The van der Waals surface area contributed by atoms with Crippen LogP contribution in [0.2, 0.25) is 0 Å². The van der Waals surface area contributed by atoms with Crippen molar-refractivity contribution < 1.29 is 10.2 Å². The Morgan fingerprint density at radius 2 is 2.07 bits per heavy atom. The first kappa shape index (κ1) is 12.0. The van der Waals surface area contributed by atoms with Crippen LogP contribution in [0.5, 0.6) is 0 Å². The van der Waals surface area contributed by atoms with E-state index in [0.29, 0.717) is 12.4 Å². The quantitative estimate of drug-likeness (QED) is 0.618. The van der Waals surface area contributed by atoms with Gasteiger partial charge in [-0.3, -0.25) is 0 Å². The molecule has 0 aromatic carbocycles. The van der Waals surface area contributed by atoms with E-state index in [1.807, 2.05) is 6.92 Å². The maximum Gasteiger partial charge on any atom is 0.125 e. The summed E-state index contributed by atoms with van der Waals surface area (Å²) in [5.41, 5.74) is 0.175. The Morgan fingerprint density at radius 1 is 1.40 bits per heavy atom. The van der Waals surface area contributed by atoms with Gasteiger partial charge in [-0.05, 0) is 19.9 Å². The fourth-order valence-electron chi connectivity index (χ4n) is 1.07. The molecule has 5 nitrogen and oxygen atoms in total. The van der Waals surface area contributed by atoms with Crippen molar-refractivity contribution in [1.82, 2.24) is 15.3 Å². The van der Waals surface area contributed by atoms with Gasteiger partial charge >= 0.3 is 0 Å². The summed E-state index contributed by atoms with van der Waals surface area (Å²) < 4.78 is 0. The lowest BCUT2D eigenvalue weighted by Gasteiger charge is -2.26. The predicted octanol–water partition coefficient (Wildman–Crippen LogP) is -0.382. The molecule has 0 unspecified atom stereocenters. The average Bonchev–Trinajstić information content (AvgIpc) is 2.26. The maximum absolute atomic E-state index is 9.06. The van der Waals surface area contributed by atoms with E-state index in [0.717, 1.165) is 5.69 Å². The molecule has 0 spiro atoms. The van der Waals surface area contributed by atoms with E-state index in [2.05, 4.69) is 15.3 Å². The Morgan fingerprint density at radius 3 is 2.60 bits per heavy atom. The minimum Gasteiger partial charge on any atom is -0.394 e. The van der Waals surface area contributed by atoms with E-state index in [9.17, 15) is 0 Å². The van der Waals surface area contributed by atoms with Gasteiger partial charge in [-0.25, -0.2) is 9.97 Å². The normalized spacial score (nSPS) is 11.7. The van der Waals surface area contributed by atoms with Crippen LogP contribution >= 0.6 is 0 Å². The summed E-state index contributed by atoms with van der Waals surface area (Å²) in [5.74, 6) is 0.712. The molecule has 3 N–H and O–H groups in total. The number of hydrogen-bond acceptors (Lipinski definition) is 5. The van der Waals surface area contributed by atoms with E-state index in [4.69, 9.17) is 10.2 Å². The van der Waals surface area contributed by atoms with E-state index < -0.39 is 5.54 Å². The molecule has 0 saturated carbocycles. The molecule has 0 fully saturated rings. The molecule has 0 aliphatic carbocycles. The van der Waals surface area contributed by atoms with E-state index >= 15 is 0 Å². The second-order valence-electron chi connectivity index (χ2n) is 3.83. The van der Waals surface area contributed by atoms with Gasteiger partial charge in [-0.15, -0.1) is 0 Å². The number of rotatable bonds is 5. The zero-order chi connectivity index (χ0) is 11.3. The standard InChI is InChI=1S/C10H17N3O2/c1-8-11-4-3-9(13-8)5-12-10(2,6-14)7-15/h3-4,12,14-15H,5-7H2,1-2H3. The minimum absolute atomic E-state index is 0.117. The van der Waals surface area contributed by atoms with Crippen LogP contribution in [-0.2, 0) is 6.54 Å². The topological polar surface area (TPSA) is 78.3 Å². The van der Waals surface area contributed by atoms with Gasteiger partial charge in [-0.1, -0.05) is 0 Å². The van der Waals surface area contributed by atoms with Crippen molar-refractivity contribution in [3.05, 3.63) is 23.8 Å². The molecule has 1 aromatic rings. The lowest BCUT2D eigenvalue weighted by atomic mass is 10.1. The molecule has 1 heterocycles. The third kappa shape index (κ3) is 3.54. The van der Waals surface area contributed by atoms with Crippen molar-refractivity contribution in [3.8, 4) is 0 Å². The third-order valence-electron chi connectivity index (χ3n) is 2.23. The summed E-state index contributed by atoms with van der Waals surface area (Å²) in [6.45, 7) is 3.84. The van der Waals surface area contributed by atoms with Crippen LogP contribution in [0.3, 0.4) is 0 Å². The lowest BCUT2D eigenvalue weighted by Crippen LogP contribution is -2.48. The minimum atomic E-state index is -0.668. The molecule has 0 amide bonds. The van der Waals surface area contributed by atoms with Crippen LogP contribution in [0.15, 0.2) is 12.3 Å². The summed E-state index contributed by atoms with van der Waals surface area (Å²) >= 11 is 0. The molecule has 0 atom stereocenters. The summed E-state index contributed by atoms with van der Waals surface area (Å²) in [7, 11) is 0. The summed E-state index contributed by atoms with van der Waals surface area (Å²) in [6, 6.07) is 1.80. The Kier molecular flexibility index (Phi) is 4.14. The van der Waals surface area contributed by atoms with Gasteiger partial charge in [0, 0.05) is 12.7 Å². The zero-order valence-electron chi connectivity index (χ0n) is 9.06. The monoisotopic (exact) mass is 211 g/mol. The Labute approximate surface area is 89.2 Å². The SMILES string of the molecule is Cc1nccc(CNC(C)(CO)CO)n1. The highest BCUT2D eigenvalue weighted by Crippen LogP contribution is 2.03. The fourth-order valence-corrected chi connectivity index (χ4v) is 1.07. The number of aliphatic hydroxyl groups is 2. The summed E-state index contributed by atoms with van der Waals surface area (Å²) in [4.78, 5) is 8.19. The van der Waals surface area contributed by atoms with Crippen molar-refractivity contribution >= 4 is 0 Å². The van der Waals surface area contributed by atoms with Gasteiger partial charge in [-0.2, -0.15) is 0 Å². The maximum atomic E-state index is 9.06. The third-order valence-corrected chi connectivity index (χ3v) is 2.23. The first-order valence-corrected chi connectivity index (χ1v) is 4.85. The number of nitrogens with zero attached hydrogens (tertiary/aromatic N) is 2. The lowest BCUT2D eigenvalue weighted by molar-refractivity contribution is 0.103. The van der Waals surface area contributed by atoms with Crippen molar-refractivity contribution in [2.45, 2.75) is 25.9 Å². The molecule has 1 aromatic heterocycles. The highest BCUT2D eigenvalue weighted by Gasteiger charge is 2.21. The van der Waals surface area contributed by atoms with E-state index in [1.165, 1.54) is 0 Å². The smallest absolute Gasteiger partial charge is 0.125 e. The molecule has 1 rings (SSSR count). The van der Waals surface area contributed by atoms with Crippen LogP contribution in [0.25, 0.3) is 0 Å². The summed E-state index contributed by atoms with van der Waals surface area (Å²) in [6.07, 6.45) is 1.69. The van der Waals surface area contributed by atoms with Crippen molar-refractivity contribution in [2.75, 3.05) is 13.2 Å². The molecule has 0 saturated heterocycles. The molecule has 84 valence electrons. The van der Waals surface area contributed by atoms with Crippen LogP contribution < -0.4 is 5.32 Å². The van der Waals surface area contributed by atoms with E-state index in [-0.39, 0.29) is 13.2 Å². The van der Waals surface area contributed by atoms with Gasteiger partial charge in [0.2, 0.25) is 0 Å². The van der Waals surface area contributed by atoms with Gasteiger partial charge in [0.05, 0.1) is 24.4 Å². The van der Waals surface area contributed by atoms with E-state index in [1.54, 1.807) is 19.2 Å². The number of aromatic nitrogens is 2. The molecule has 0 radical (unpaired) electrons. The summed E-state index contributed by atoms with van der Waals surface area (Å²) in [5, 5.41) is 21.2. The molecule has 0 aliphatic rings. The van der Waals surface area contributed by atoms with Gasteiger partial charge in [0.15, 0.2) is 0 Å². The number of nitrogens with one attached hydrogen (secondary N) is 1. The van der Waals surface area contributed by atoms with Crippen LogP contribution in [-0.4, -0.2) is 38.9 Å². The van der Waals surface area contributed by atoms with Crippen LogP contribution in [0, 0.1) is 6.92 Å². The Hall–Kier alpha value is -1.04. The van der Waals surface area contributed by atoms with Crippen LogP contribution in [0.1, 0.15) is 18.4 Å². The predicted molar refractivity (Wildman–Crippen MR) is 56.2 cm³/mol. The number of aliphatic hydroxyl groups excluding tert-OH is 2. The zero-order valence-corrected chi connectivity index (χ0v) is 9.06. The average molecular weight is 211 g/mol. The molecular weight excluding hydrogens is 194 g/mol. The first-order valence-electron chi connectivity index (χ1n) is 4.85. The highest BCUT2D eigenvalue weighted by molar-refractivity contribution is 5.02. The second kappa shape index (κ2) is 5.16. The van der Waals surface area contributed by atoms with Crippen LogP contribution in [0.4, 0.5) is 0 Å². The Bertz CT molecular complexity index is 313. The first-order chi connectivity index (χ1) is 7.09. The fraction of sp³-hybridized carbons (Fsp3) is 0.600.